The van der Waals surface area contributed by atoms with Crippen molar-refractivity contribution < 1.29 is 4.39 Å². The van der Waals surface area contributed by atoms with Gasteiger partial charge in [-0.15, -0.1) is 0 Å². The SMILES string of the molecule is CN=NC(C)C(=N)F. The first-order valence-electron chi connectivity index (χ1n) is 2.21. The van der Waals surface area contributed by atoms with Crippen molar-refractivity contribution in [2.24, 2.45) is 10.2 Å². The molecule has 3 nitrogen and oxygen atoms in total. The summed E-state index contributed by atoms with van der Waals surface area (Å²) in [4.78, 5) is 0. The number of azo groups is 1. The van der Waals surface area contributed by atoms with E-state index in [4.69, 9.17) is 5.41 Å². The van der Waals surface area contributed by atoms with Gasteiger partial charge in [0.1, 0.15) is 6.04 Å². The number of hydrogen-bond acceptors (Lipinski definition) is 3. The van der Waals surface area contributed by atoms with E-state index in [1.54, 1.807) is 0 Å². The third kappa shape index (κ3) is 2.39. The monoisotopic (exact) mass is 117 g/mol. The maximum atomic E-state index is 11.7. The normalized spacial score (nSPS) is 14.4. The molecule has 0 aliphatic heterocycles. The van der Waals surface area contributed by atoms with Gasteiger partial charge in [0.25, 0.3) is 0 Å². The third-order valence-electron chi connectivity index (χ3n) is 0.655. The van der Waals surface area contributed by atoms with E-state index < -0.39 is 12.0 Å². The van der Waals surface area contributed by atoms with Gasteiger partial charge in [-0.3, -0.25) is 5.41 Å². The molecule has 0 radical (unpaired) electrons. The topological polar surface area (TPSA) is 48.6 Å². The van der Waals surface area contributed by atoms with Gasteiger partial charge in [-0.25, -0.2) is 0 Å². The molecule has 0 rings (SSSR count). The van der Waals surface area contributed by atoms with Crippen LogP contribution in [0.3, 0.4) is 0 Å². The molecule has 0 bridgehead atoms. The molecule has 0 aromatic carbocycles. The zero-order chi connectivity index (χ0) is 6.57. The van der Waals surface area contributed by atoms with Gasteiger partial charge in [0.15, 0.2) is 0 Å². The van der Waals surface area contributed by atoms with Crippen molar-refractivity contribution in [1.29, 1.82) is 5.41 Å². The molecule has 8 heavy (non-hydrogen) atoms. The molecule has 0 saturated heterocycles. The van der Waals surface area contributed by atoms with Gasteiger partial charge in [-0.05, 0) is 6.92 Å². The predicted octanol–water partition coefficient (Wildman–Crippen LogP) is 1.40. The lowest BCUT2D eigenvalue weighted by Gasteiger charge is -1.93. The number of nitrogens with one attached hydrogen (secondary N) is 1. The van der Waals surface area contributed by atoms with Crippen LogP contribution in [-0.4, -0.2) is 19.1 Å². The van der Waals surface area contributed by atoms with Crippen molar-refractivity contribution in [2.75, 3.05) is 7.05 Å². The van der Waals surface area contributed by atoms with Gasteiger partial charge in [-0.2, -0.15) is 14.6 Å². The Morgan fingerprint density at radius 1 is 1.75 bits per heavy atom. The van der Waals surface area contributed by atoms with Crippen LogP contribution in [0.2, 0.25) is 0 Å². The summed E-state index contributed by atoms with van der Waals surface area (Å²) in [5.41, 5.74) is 0. The van der Waals surface area contributed by atoms with Gasteiger partial charge in [-0.1, -0.05) is 0 Å². The summed E-state index contributed by atoms with van der Waals surface area (Å²) >= 11 is 0. The summed E-state index contributed by atoms with van der Waals surface area (Å²) in [6.45, 7) is 1.47. The molecule has 4 heteroatoms. The smallest absolute Gasteiger partial charge is 0.208 e. The zero-order valence-electron chi connectivity index (χ0n) is 4.85. The highest BCUT2D eigenvalue weighted by Crippen LogP contribution is 1.92. The highest BCUT2D eigenvalue weighted by molar-refractivity contribution is 5.76. The number of halogens is 1. The third-order valence-corrected chi connectivity index (χ3v) is 0.655. The average molecular weight is 117 g/mol. The van der Waals surface area contributed by atoms with Crippen molar-refractivity contribution >= 4 is 5.97 Å². The van der Waals surface area contributed by atoms with Crippen LogP contribution in [0.1, 0.15) is 6.92 Å². The summed E-state index contributed by atoms with van der Waals surface area (Å²) in [6, 6.07) is -0.708. The summed E-state index contributed by atoms with van der Waals surface area (Å²) in [5, 5.41) is 13.0. The van der Waals surface area contributed by atoms with Gasteiger partial charge < -0.3 is 0 Å². The molecule has 0 heterocycles. The summed E-state index contributed by atoms with van der Waals surface area (Å²) in [6.07, 6.45) is 0. The second-order valence-electron chi connectivity index (χ2n) is 1.34. The molecule has 0 spiro atoms. The second-order valence-corrected chi connectivity index (χ2v) is 1.34. The minimum atomic E-state index is -0.949. The Morgan fingerprint density at radius 3 is 2.38 bits per heavy atom. The number of rotatable bonds is 2. The Morgan fingerprint density at radius 2 is 2.25 bits per heavy atom. The standard InChI is InChI=1S/C4H8FN3/c1-3(4(5)6)8-7-2/h3,6H,1-2H3. The van der Waals surface area contributed by atoms with Gasteiger partial charge >= 0.3 is 0 Å². The van der Waals surface area contributed by atoms with E-state index in [-0.39, 0.29) is 0 Å². The van der Waals surface area contributed by atoms with Crippen molar-refractivity contribution in [3.05, 3.63) is 0 Å². The van der Waals surface area contributed by atoms with Crippen LogP contribution >= 0.6 is 0 Å². The summed E-state index contributed by atoms with van der Waals surface area (Å²) in [5.74, 6) is -0.949. The molecule has 0 aromatic rings. The fourth-order valence-electron chi connectivity index (χ4n) is 0.224. The van der Waals surface area contributed by atoms with E-state index in [1.165, 1.54) is 14.0 Å². The molecule has 0 fully saturated rings. The molecule has 1 unspecified atom stereocenters. The molecular weight excluding hydrogens is 109 g/mol. The van der Waals surface area contributed by atoms with E-state index in [0.717, 1.165) is 0 Å². The summed E-state index contributed by atoms with van der Waals surface area (Å²) < 4.78 is 11.7. The van der Waals surface area contributed by atoms with Crippen LogP contribution in [-0.2, 0) is 0 Å². The van der Waals surface area contributed by atoms with Crippen molar-refractivity contribution in [3.63, 3.8) is 0 Å². The molecule has 0 aliphatic rings. The molecule has 0 aromatic heterocycles. The highest BCUT2D eigenvalue weighted by atomic mass is 19.1. The average Bonchev–Trinajstić information content (AvgIpc) is 1.67. The second kappa shape index (κ2) is 3.23. The molecule has 0 aliphatic carbocycles. The molecule has 46 valence electrons. The van der Waals surface area contributed by atoms with Gasteiger partial charge in [0, 0.05) is 7.05 Å². The van der Waals surface area contributed by atoms with Gasteiger partial charge in [0.05, 0.1) is 0 Å². The zero-order valence-corrected chi connectivity index (χ0v) is 4.85. The van der Waals surface area contributed by atoms with Crippen LogP contribution < -0.4 is 0 Å². The quantitative estimate of drug-likeness (QED) is 0.420. The van der Waals surface area contributed by atoms with Crippen LogP contribution in [0.15, 0.2) is 10.2 Å². The lowest BCUT2D eigenvalue weighted by Crippen LogP contribution is -2.05. The van der Waals surface area contributed by atoms with Crippen LogP contribution in [0.5, 0.6) is 0 Å². The predicted molar refractivity (Wildman–Crippen MR) is 29.1 cm³/mol. The van der Waals surface area contributed by atoms with Crippen LogP contribution in [0.25, 0.3) is 0 Å². The number of hydrogen-bond donors (Lipinski definition) is 1. The maximum Gasteiger partial charge on any atom is 0.208 e. The minimum absolute atomic E-state index is 0.708. The Hall–Kier alpha value is -0.800. The molecular formula is C4H8FN3. The Kier molecular flexibility index (Phi) is 2.91. The van der Waals surface area contributed by atoms with Crippen molar-refractivity contribution in [1.82, 2.24) is 0 Å². The highest BCUT2D eigenvalue weighted by Gasteiger charge is 2.02. The van der Waals surface area contributed by atoms with E-state index in [0.29, 0.717) is 0 Å². The Balaban J connectivity index is 3.64. The lowest BCUT2D eigenvalue weighted by atomic mass is 10.4. The van der Waals surface area contributed by atoms with Gasteiger partial charge in [0.2, 0.25) is 5.97 Å². The van der Waals surface area contributed by atoms with Crippen LogP contribution in [0, 0.1) is 5.41 Å². The molecule has 0 saturated carbocycles. The maximum absolute atomic E-state index is 11.7. The first-order valence-corrected chi connectivity index (χ1v) is 2.21. The molecule has 1 N–H and O–H groups in total. The molecule has 0 amide bonds. The summed E-state index contributed by atoms with van der Waals surface area (Å²) in [7, 11) is 1.44. The first kappa shape index (κ1) is 7.20. The van der Waals surface area contributed by atoms with Crippen molar-refractivity contribution in [2.45, 2.75) is 13.0 Å². The largest absolute Gasteiger partial charge is 0.276 e. The minimum Gasteiger partial charge on any atom is -0.276 e. The first-order chi connectivity index (χ1) is 3.68. The number of nitrogens with zero attached hydrogens (tertiary/aromatic N) is 2. The van der Waals surface area contributed by atoms with E-state index in [1.807, 2.05) is 0 Å². The lowest BCUT2D eigenvalue weighted by molar-refractivity contribution is 0.700. The van der Waals surface area contributed by atoms with Crippen molar-refractivity contribution in [3.8, 4) is 0 Å². The Bertz CT molecular complexity index is 110. The fraction of sp³-hybridized carbons (Fsp3) is 0.750. The Labute approximate surface area is 47.1 Å². The van der Waals surface area contributed by atoms with E-state index >= 15 is 0 Å². The van der Waals surface area contributed by atoms with E-state index in [9.17, 15) is 4.39 Å². The van der Waals surface area contributed by atoms with Crippen LogP contribution in [0.4, 0.5) is 4.39 Å². The molecule has 1 atom stereocenters. The van der Waals surface area contributed by atoms with E-state index in [2.05, 4.69) is 10.2 Å². The fourth-order valence-corrected chi connectivity index (χ4v) is 0.224.